The maximum Gasteiger partial charge on any atom is 0.431 e. The third-order valence-electron chi connectivity index (χ3n) is 4.81. The number of pyridine rings is 2. The van der Waals surface area contributed by atoms with Crippen molar-refractivity contribution in [3.8, 4) is 0 Å². The SMILES string of the molecule is [C-]#[N+]c1ccc(C(=O)Cc2ccc(F)c([C@@]3(C)N=C(C)O[C@H](C(F)(F)F)C3(F)F)n2)nc1. The van der Waals surface area contributed by atoms with Gasteiger partial charge in [-0.15, -0.1) is 0 Å². The highest BCUT2D eigenvalue weighted by atomic mass is 19.4. The maximum atomic E-state index is 14.9. The molecule has 0 aliphatic carbocycles. The molecule has 0 amide bonds. The predicted molar refractivity (Wildman–Crippen MR) is 99.1 cm³/mol. The minimum Gasteiger partial charge on any atom is -0.462 e. The topological polar surface area (TPSA) is 68.8 Å². The van der Waals surface area contributed by atoms with E-state index in [0.29, 0.717) is 6.92 Å². The quantitative estimate of drug-likeness (QED) is 0.376. The van der Waals surface area contributed by atoms with Crippen molar-refractivity contribution in [3.63, 3.8) is 0 Å². The molecule has 0 fully saturated rings. The third-order valence-corrected chi connectivity index (χ3v) is 4.81. The fourth-order valence-electron chi connectivity index (χ4n) is 3.19. The molecule has 2 aromatic heterocycles. The monoisotopic (exact) mass is 456 g/mol. The smallest absolute Gasteiger partial charge is 0.431 e. The molecule has 32 heavy (non-hydrogen) atoms. The fourth-order valence-corrected chi connectivity index (χ4v) is 3.19. The number of rotatable bonds is 4. The highest BCUT2D eigenvalue weighted by Gasteiger charge is 2.70. The van der Waals surface area contributed by atoms with Gasteiger partial charge in [0.15, 0.2) is 17.2 Å². The lowest BCUT2D eigenvalue weighted by Gasteiger charge is -2.42. The largest absolute Gasteiger partial charge is 0.462 e. The third kappa shape index (κ3) is 4.02. The summed E-state index contributed by atoms with van der Waals surface area (Å²) in [6.45, 7) is 8.43. The van der Waals surface area contributed by atoms with E-state index in [1.165, 1.54) is 12.1 Å². The van der Waals surface area contributed by atoms with Gasteiger partial charge in [-0.3, -0.25) is 14.8 Å². The van der Waals surface area contributed by atoms with Gasteiger partial charge in [0.1, 0.15) is 17.2 Å². The molecule has 2 atom stereocenters. The van der Waals surface area contributed by atoms with Crippen molar-refractivity contribution in [2.75, 3.05) is 0 Å². The second-order valence-electron chi connectivity index (χ2n) is 7.11. The van der Waals surface area contributed by atoms with E-state index in [2.05, 4.69) is 24.5 Å². The Morgan fingerprint density at radius 2 is 1.94 bits per heavy atom. The molecule has 12 heteroatoms. The molecule has 3 rings (SSSR count). The molecule has 0 radical (unpaired) electrons. The number of halogens is 6. The molecule has 6 nitrogen and oxygen atoms in total. The lowest BCUT2D eigenvalue weighted by molar-refractivity contribution is -0.287. The molecular weight excluding hydrogens is 442 g/mol. The molecular formula is C20H14F6N4O2. The number of hydrogen-bond donors (Lipinski definition) is 0. The Morgan fingerprint density at radius 3 is 2.50 bits per heavy atom. The molecule has 0 saturated heterocycles. The van der Waals surface area contributed by atoms with Gasteiger partial charge in [-0.2, -0.15) is 22.0 Å². The van der Waals surface area contributed by atoms with Gasteiger partial charge < -0.3 is 4.74 Å². The Labute approximate surface area is 177 Å². The standard InChI is InChI=1S/C20H14F6N4O2/c1-10-30-18(2,19(22,23)17(32-10)20(24,25)26)16-13(21)6-4-11(29-16)8-15(31)14-7-5-12(27-3)9-28-14/h4-7,9,17H,8H2,1-2H3/t17-,18+/m0/s1. The van der Waals surface area contributed by atoms with Crippen molar-refractivity contribution < 1.29 is 35.9 Å². The van der Waals surface area contributed by atoms with Gasteiger partial charge in [-0.05, 0) is 25.1 Å². The minimum absolute atomic E-state index is 0.0568. The Hall–Kier alpha value is -3.49. The lowest BCUT2D eigenvalue weighted by Crippen LogP contribution is -2.61. The Kier molecular flexibility index (Phi) is 5.71. The van der Waals surface area contributed by atoms with Crippen molar-refractivity contribution in [2.24, 2.45) is 4.99 Å². The zero-order valence-electron chi connectivity index (χ0n) is 16.5. The van der Waals surface area contributed by atoms with Crippen molar-refractivity contribution in [1.29, 1.82) is 0 Å². The number of alkyl halides is 5. The van der Waals surface area contributed by atoms with E-state index >= 15 is 0 Å². The summed E-state index contributed by atoms with van der Waals surface area (Å²) in [6.07, 6.45) is -8.37. The molecule has 0 aromatic carbocycles. The molecule has 0 saturated carbocycles. The van der Waals surface area contributed by atoms with Crippen molar-refractivity contribution in [1.82, 2.24) is 9.97 Å². The van der Waals surface area contributed by atoms with Crippen LogP contribution in [0.2, 0.25) is 0 Å². The van der Waals surface area contributed by atoms with Crippen molar-refractivity contribution >= 4 is 17.4 Å². The number of carbonyl (C=O) groups is 1. The Morgan fingerprint density at radius 1 is 1.25 bits per heavy atom. The van der Waals surface area contributed by atoms with Crippen LogP contribution in [0.3, 0.4) is 0 Å². The molecule has 3 heterocycles. The summed E-state index contributed by atoms with van der Waals surface area (Å²) in [5.74, 6) is -7.36. The summed E-state index contributed by atoms with van der Waals surface area (Å²) in [5, 5.41) is 0. The zero-order valence-corrected chi connectivity index (χ0v) is 16.5. The number of ketones is 1. The van der Waals surface area contributed by atoms with Crippen LogP contribution in [0.4, 0.5) is 32.0 Å². The first-order valence-corrected chi connectivity index (χ1v) is 9.00. The van der Waals surface area contributed by atoms with E-state index in [9.17, 15) is 31.1 Å². The zero-order chi connectivity index (χ0) is 23.9. The number of carbonyl (C=O) groups excluding carboxylic acids is 1. The predicted octanol–water partition coefficient (Wildman–Crippen LogP) is 4.82. The normalized spacial score (nSPS) is 22.5. The van der Waals surface area contributed by atoms with Gasteiger partial charge in [0, 0.05) is 18.8 Å². The molecule has 1 aliphatic rings. The Bertz CT molecular complexity index is 1120. The number of aromatic nitrogens is 2. The van der Waals surface area contributed by atoms with Crippen LogP contribution in [0.1, 0.15) is 35.7 Å². The molecule has 1 aliphatic heterocycles. The highest BCUT2D eigenvalue weighted by Crippen LogP contribution is 2.50. The number of Topliss-reactive ketones (excluding diaryl/α,β-unsaturated/α-hetero) is 1. The van der Waals surface area contributed by atoms with Crippen LogP contribution in [0.25, 0.3) is 4.85 Å². The van der Waals surface area contributed by atoms with E-state index in [-0.39, 0.29) is 17.1 Å². The fraction of sp³-hybridized carbons (Fsp3) is 0.350. The summed E-state index contributed by atoms with van der Waals surface area (Å²) in [7, 11) is 0. The number of nitrogens with zero attached hydrogens (tertiary/aromatic N) is 4. The van der Waals surface area contributed by atoms with Gasteiger partial charge in [0.2, 0.25) is 5.69 Å². The summed E-state index contributed by atoms with van der Waals surface area (Å²) in [6, 6.07) is 4.39. The van der Waals surface area contributed by atoms with E-state index in [4.69, 9.17) is 6.57 Å². The van der Waals surface area contributed by atoms with E-state index in [0.717, 1.165) is 25.3 Å². The van der Waals surface area contributed by atoms with Crippen LogP contribution in [0.5, 0.6) is 0 Å². The second kappa shape index (κ2) is 7.89. The highest BCUT2D eigenvalue weighted by molar-refractivity contribution is 5.95. The summed E-state index contributed by atoms with van der Waals surface area (Å²) < 4.78 is 88.3. The molecule has 0 bridgehead atoms. The van der Waals surface area contributed by atoms with Gasteiger partial charge in [-0.25, -0.2) is 14.2 Å². The van der Waals surface area contributed by atoms with E-state index in [1.807, 2.05) is 0 Å². The summed E-state index contributed by atoms with van der Waals surface area (Å²) in [4.78, 5) is 26.6. The summed E-state index contributed by atoms with van der Waals surface area (Å²) >= 11 is 0. The first kappa shape index (κ1) is 23.2. The first-order chi connectivity index (χ1) is 14.8. The van der Waals surface area contributed by atoms with Crippen LogP contribution in [0.15, 0.2) is 35.5 Å². The summed E-state index contributed by atoms with van der Waals surface area (Å²) in [5.41, 5.74) is -4.15. The average Bonchev–Trinajstić information content (AvgIpc) is 2.71. The van der Waals surface area contributed by atoms with Crippen LogP contribution in [-0.2, 0) is 16.7 Å². The number of hydrogen-bond acceptors (Lipinski definition) is 5. The second-order valence-corrected chi connectivity index (χ2v) is 7.11. The molecule has 0 unspecified atom stereocenters. The average molecular weight is 456 g/mol. The van der Waals surface area contributed by atoms with Crippen LogP contribution >= 0.6 is 0 Å². The first-order valence-electron chi connectivity index (χ1n) is 9.00. The van der Waals surface area contributed by atoms with Crippen LogP contribution in [0, 0.1) is 12.4 Å². The van der Waals surface area contributed by atoms with Crippen LogP contribution in [-0.4, -0.2) is 39.9 Å². The molecule has 0 N–H and O–H groups in total. The minimum atomic E-state index is -5.46. The van der Waals surface area contributed by atoms with E-state index in [1.54, 1.807) is 0 Å². The lowest BCUT2D eigenvalue weighted by atomic mass is 9.84. The molecule has 0 spiro atoms. The number of aliphatic imine (C=N–C) groups is 1. The van der Waals surface area contributed by atoms with Crippen molar-refractivity contribution in [2.45, 2.75) is 44.0 Å². The maximum absolute atomic E-state index is 14.9. The number of ether oxygens (including phenoxy) is 1. The molecule has 2 aromatic rings. The Balaban J connectivity index is 2.01. The van der Waals surface area contributed by atoms with Crippen molar-refractivity contribution in [3.05, 3.63) is 64.8 Å². The van der Waals surface area contributed by atoms with Gasteiger partial charge in [0.05, 0.1) is 13.0 Å². The van der Waals surface area contributed by atoms with Gasteiger partial charge >= 0.3 is 12.1 Å². The molecule has 168 valence electrons. The van der Waals surface area contributed by atoms with Gasteiger partial charge in [0.25, 0.3) is 6.10 Å². The van der Waals surface area contributed by atoms with Crippen LogP contribution < -0.4 is 0 Å². The van der Waals surface area contributed by atoms with Gasteiger partial charge in [-0.1, -0.05) is 6.07 Å². The van der Waals surface area contributed by atoms with E-state index < -0.39 is 53.4 Å².